The molecule has 0 unspecified atom stereocenters. The maximum atomic E-state index is 2.31. The third-order valence-corrected chi connectivity index (χ3v) is 2.52. The van der Waals surface area contributed by atoms with Crippen molar-refractivity contribution < 1.29 is 0 Å². The van der Waals surface area contributed by atoms with Gasteiger partial charge in [0.1, 0.15) is 0 Å². The molecule has 14 heavy (non-hydrogen) atoms. The maximum Gasteiger partial charge on any atom is 0.00178 e. The molecular formula is C14H20. The zero-order valence-corrected chi connectivity index (χ0v) is 9.24. The van der Waals surface area contributed by atoms with Gasteiger partial charge < -0.3 is 0 Å². The highest BCUT2D eigenvalue weighted by Gasteiger charge is 2.05. The van der Waals surface area contributed by atoms with Crippen LogP contribution in [0.3, 0.4) is 0 Å². The molecule has 1 aromatic carbocycles. The summed E-state index contributed by atoms with van der Waals surface area (Å²) in [6.07, 6.45) is 8.33. The first-order valence-corrected chi connectivity index (χ1v) is 5.56. The number of unbranched alkanes of at least 4 members (excludes halogenated alkanes) is 1. The van der Waals surface area contributed by atoms with Crippen LogP contribution in [0.5, 0.6) is 0 Å². The molecule has 0 aliphatic rings. The lowest BCUT2D eigenvalue weighted by Crippen LogP contribution is -1.94. The van der Waals surface area contributed by atoms with E-state index >= 15 is 0 Å². The first kappa shape index (κ1) is 11.0. The Balaban J connectivity index is 2.67. The van der Waals surface area contributed by atoms with E-state index in [1.807, 2.05) is 0 Å². The normalized spacial score (nSPS) is 13.3. The van der Waals surface area contributed by atoms with E-state index in [4.69, 9.17) is 0 Å². The van der Waals surface area contributed by atoms with Crippen LogP contribution in [0.4, 0.5) is 0 Å². The summed E-state index contributed by atoms with van der Waals surface area (Å²) >= 11 is 0. The zero-order valence-electron chi connectivity index (χ0n) is 9.24. The van der Waals surface area contributed by atoms with Crippen LogP contribution in [0.25, 0.3) is 0 Å². The Labute approximate surface area is 87.7 Å². The van der Waals surface area contributed by atoms with Gasteiger partial charge in [-0.2, -0.15) is 0 Å². The maximum absolute atomic E-state index is 2.31. The van der Waals surface area contributed by atoms with Gasteiger partial charge in [-0.15, -0.1) is 0 Å². The van der Waals surface area contributed by atoms with Crippen LogP contribution < -0.4 is 0 Å². The Kier molecular flexibility index (Phi) is 5.06. The lowest BCUT2D eigenvalue weighted by atomic mass is 9.93. The summed E-state index contributed by atoms with van der Waals surface area (Å²) in [5, 5.41) is 0. The minimum absolute atomic E-state index is 0.612. The molecule has 0 heterocycles. The van der Waals surface area contributed by atoms with Gasteiger partial charge in [0.25, 0.3) is 0 Å². The third-order valence-electron chi connectivity index (χ3n) is 2.52. The molecule has 0 amide bonds. The molecular weight excluding hydrogens is 168 g/mol. The lowest BCUT2D eigenvalue weighted by molar-refractivity contribution is 0.663. The standard InChI is InChI=1S/C14H20/c1-3-5-10-13(9-4-2)14-11-7-6-8-12-14/h4,6-9,11-13H,3,5,10H2,1-2H3/b9-4+/t13-/m0/s1. The summed E-state index contributed by atoms with van der Waals surface area (Å²) < 4.78 is 0. The summed E-state index contributed by atoms with van der Waals surface area (Å²) in [5.74, 6) is 0.612. The molecule has 76 valence electrons. The summed E-state index contributed by atoms with van der Waals surface area (Å²) in [7, 11) is 0. The van der Waals surface area contributed by atoms with Crippen molar-refractivity contribution in [1.82, 2.24) is 0 Å². The highest BCUT2D eigenvalue weighted by Crippen LogP contribution is 2.23. The fourth-order valence-corrected chi connectivity index (χ4v) is 1.73. The summed E-state index contributed by atoms with van der Waals surface area (Å²) in [6, 6.07) is 10.8. The molecule has 0 aliphatic heterocycles. The molecule has 0 radical (unpaired) electrons. The van der Waals surface area contributed by atoms with Crippen LogP contribution in [-0.4, -0.2) is 0 Å². The van der Waals surface area contributed by atoms with E-state index in [0.717, 1.165) is 0 Å². The summed E-state index contributed by atoms with van der Waals surface area (Å²) in [6.45, 7) is 4.35. The van der Waals surface area contributed by atoms with E-state index in [1.54, 1.807) is 0 Å². The van der Waals surface area contributed by atoms with E-state index in [-0.39, 0.29) is 0 Å². The van der Waals surface area contributed by atoms with Crippen LogP contribution in [0.1, 0.15) is 44.6 Å². The SMILES string of the molecule is C/C=C/[C@@H](CCCC)c1ccccc1. The fraction of sp³-hybridized carbons (Fsp3) is 0.429. The molecule has 0 saturated carbocycles. The quantitative estimate of drug-likeness (QED) is 0.595. The molecule has 1 rings (SSSR count). The van der Waals surface area contributed by atoms with Gasteiger partial charge in [-0.3, -0.25) is 0 Å². The number of hydrogen-bond acceptors (Lipinski definition) is 0. The topological polar surface area (TPSA) is 0 Å². The smallest absolute Gasteiger partial charge is 0.00178 e. The minimum atomic E-state index is 0.612. The molecule has 1 aromatic rings. The lowest BCUT2D eigenvalue weighted by Gasteiger charge is -2.12. The molecule has 0 bridgehead atoms. The Morgan fingerprint density at radius 1 is 1.21 bits per heavy atom. The molecule has 0 aromatic heterocycles. The second-order valence-electron chi connectivity index (χ2n) is 3.69. The van der Waals surface area contributed by atoms with Crippen molar-refractivity contribution in [2.75, 3.05) is 0 Å². The van der Waals surface area contributed by atoms with Crippen molar-refractivity contribution in [3.05, 3.63) is 48.0 Å². The van der Waals surface area contributed by atoms with Gasteiger partial charge >= 0.3 is 0 Å². The summed E-state index contributed by atoms with van der Waals surface area (Å²) in [4.78, 5) is 0. The molecule has 0 heteroatoms. The minimum Gasteiger partial charge on any atom is -0.0910 e. The van der Waals surface area contributed by atoms with Gasteiger partial charge in [0.05, 0.1) is 0 Å². The first-order chi connectivity index (χ1) is 6.88. The van der Waals surface area contributed by atoms with Crippen molar-refractivity contribution in [2.45, 2.75) is 39.0 Å². The van der Waals surface area contributed by atoms with E-state index < -0.39 is 0 Å². The van der Waals surface area contributed by atoms with Crippen LogP contribution >= 0.6 is 0 Å². The molecule has 0 fully saturated rings. The van der Waals surface area contributed by atoms with Crippen molar-refractivity contribution in [3.8, 4) is 0 Å². The van der Waals surface area contributed by atoms with Gasteiger partial charge in [-0.25, -0.2) is 0 Å². The van der Waals surface area contributed by atoms with E-state index in [0.29, 0.717) is 5.92 Å². The number of rotatable bonds is 5. The summed E-state index contributed by atoms with van der Waals surface area (Å²) in [5.41, 5.74) is 1.44. The highest BCUT2D eigenvalue weighted by atomic mass is 14.1. The molecule has 0 nitrogen and oxygen atoms in total. The monoisotopic (exact) mass is 188 g/mol. The molecule has 0 spiro atoms. The number of benzene rings is 1. The Hall–Kier alpha value is -1.04. The largest absolute Gasteiger partial charge is 0.0910 e. The van der Waals surface area contributed by atoms with Gasteiger partial charge in [0, 0.05) is 5.92 Å². The van der Waals surface area contributed by atoms with Crippen LogP contribution in [-0.2, 0) is 0 Å². The van der Waals surface area contributed by atoms with Gasteiger partial charge in [-0.05, 0) is 18.9 Å². The molecule has 0 N–H and O–H groups in total. The van der Waals surface area contributed by atoms with Gasteiger partial charge in [-0.1, -0.05) is 62.2 Å². The van der Waals surface area contributed by atoms with Crippen molar-refractivity contribution in [3.63, 3.8) is 0 Å². The fourth-order valence-electron chi connectivity index (χ4n) is 1.73. The van der Waals surface area contributed by atoms with Crippen LogP contribution in [0, 0.1) is 0 Å². The predicted octanol–water partition coefficient (Wildman–Crippen LogP) is 4.54. The zero-order chi connectivity index (χ0) is 10.2. The van der Waals surface area contributed by atoms with Crippen molar-refractivity contribution >= 4 is 0 Å². The average Bonchev–Trinajstić information content (AvgIpc) is 2.25. The molecule has 0 saturated heterocycles. The Morgan fingerprint density at radius 3 is 2.50 bits per heavy atom. The second kappa shape index (κ2) is 6.42. The average molecular weight is 188 g/mol. The first-order valence-electron chi connectivity index (χ1n) is 5.56. The molecule has 0 aliphatic carbocycles. The number of allylic oxidation sites excluding steroid dienone is 2. The van der Waals surface area contributed by atoms with E-state index in [1.165, 1.54) is 24.8 Å². The van der Waals surface area contributed by atoms with E-state index in [2.05, 4.69) is 56.3 Å². The van der Waals surface area contributed by atoms with Crippen molar-refractivity contribution in [1.29, 1.82) is 0 Å². The highest BCUT2D eigenvalue weighted by molar-refractivity contribution is 5.23. The van der Waals surface area contributed by atoms with Gasteiger partial charge in [0.2, 0.25) is 0 Å². The van der Waals surface area contributed by atoms with Crippen molar-refractivity contribution in [2.24, 2.45) is 0 Å². The Morgan fingerprint density at radius 2 is 1.93 bits per heavy atom. The number of hydrogen-bond donors (Lipinski definition) is 0. The van der Waals surface area contributed by atoms with E-state index in [9.17, 15) is 0 Å². The Bertz CT molecular complexity index is 259. The van der Waals surface area contributed by atoms with Crippen LogP contribution in [0.2, 0.25) is 0 Å². The van der Waals surface area contributed by atoms with Crippen LogP contribution in [0.15, 0.2) is 42.5 Å². The third kappa shape index (κ3) is 3.37. The second-order valence-corrected chi connectivity index (χ2v) is 3.69. The predicted molar refractivity (Wildman–Crippen MR) is 63.5 cm³/mol. The van der Waals surface area contributed by atoms with Gasteiger partial charge in [0.15, 0.2) is 0 Å². The molecule has 1 atom stereocenters.